The minimum Gasteiger partial charge on any atom is -0.335 e. The smallest absolute Gasteiger partial charge is 0.256 e. The van der Waals surface area contributed by atoms with E-state index in [9.17, 15) is 14.4 Å². The third-order valence-corrected chi connectivity index (χ3v) is 6.95. The molecule has 6 nitrogen and oxygen atoms in total. The monoisotopic (exact) mass is 495 g/mol. The number of thiophene rings is 1. The van der Waals surface area contributed by atoms with Crippen molar-refractivity contribution in [2.45, 2.75) is 19.8 Å². The second-order valence-electron chi connectivity index (χ2n) is 8.49. The molecule has 1 aliphatic heterocycles. The number of rotatable bonds is 5. The summed E-state index contributed by atoms with van der Waals surface area (Å²) in [5, 5.41) is 5.72. The Balaban J connectivity index is 1.38. The third kappa shape index (κ3) is 5.32. The number of hydrogen-bond donors (Lipinski definition) is 1. The van der Waals surface area contributed by atoms with Crippen molar-refractivity contribution in [2.75, 3.05) is 31.5 Å². The number of nitrogens with zero attached hydrogens (tertiary/aromatic N) is 2. The Hall–Kier alpha value is -3.16. The van der Waals surface area contributed by atoms with Crippen LogP contribution < -0.4 is 5.32 Å². The van der Waals surface area contributed by atoms with E-state index >= 15 is 0 Å². The van der Waals surface area contributed by atoms with Gasteiger partial charge in [0.15, 0.2) is 0 Å². The van der Waals surface area contributed by atoms with Crippen molar-refractivity contribution in [2.24, 2.45) is 0 Å². The van der Waals surface area contributed by atoms with Crippen LogP contribution in [-0.2, 0) is 0 Å². The fourth-order valence-corrected chi connectivity index (χ4v) is 4.82. The maximum absolute atomic E-state index is 13.2. The van der Waals surface area contributed by atoms with Crippen LogP contribution in [0.25, 0.3) is 0 Å². The first-order valence-corrected chi connectivity index (χ1v) is 12.4. The molecule has 1 saturated heterocycles. The number of benzene rings is 2. The molecule has 0 saturated carbocycles. The summed E-state index contributed by atoms with van der Waals surface area (Å²) in [6.45, 7) is 5.92. The van der Waals surface area contributed by atoms with E-state index in [1.807, 2.05) is 12.1 Å². The molecular formula is C26H26ClN3O3S. The molecule has 0 unspecified atom stereocenters. The average molecular weight is 496 g/mol. The van der Waals surface area contributed by atoms with Crippen molar-refractivity contribution < 1.29 is 14.4 Å². The lowest BCUT2D eigenvalue weighted by Crippen LogP contribution is -2.50. The van der Waals surface area contributed by atoms with Crippen molar-refractivity contribution in [3.05, 3.63) is 87.3 Å². The standard InChI is InChI=1S/C26H26ClN3O3S/c1-17(2)18-6-8-19(9-7-18)23(31)28-24-22(10-15-34-24)26(33)30-13-11-29(12-14-30)25(32)20-4-3-5-21(27)16-20/h3-10,15-17H,11-14H2,1-2H3,(H,28,31). The second-order valence-corrected chi connectivity index (χ2v) is 9.84. The first-order chi connectivity index (χ1) is 16.3. The summed E-state index contributed by atoms with van der Waals surface area (Å²) < 4.78 is 0. The van der Waals surface area contributed by atoms with Crippen LogP contribution in [0, 0.1) is 0 Å². The van der Waals surface area contributed by atoms with Crippen LogP contribution in [0.4, 0.5) is 5.00 Å². The van der Waals surface area contributed by atoms with E-state index in [1.54, 1.807) is 57.6 Å². The van der Waals surface area contributed by atoms with Crippen LogP contribution >= 0.6 is 22.9 Å². The molecule has 0 aliphatic carbocycles. The number of carbonyl (C=O) groups excluding carboxylic acids is 3. The van der Waals surface area contributed by atoms with Gasteiger partial charge in [-0.1, -0.05) is 43.6 Å². The number of anilines is 1. The molecule has 0 atom stereocenters. The summed E-state index contributed by atoms with van der Waals surface area (Å²) in [5.41, 5.74) is 2.71. The zero-order chi connectivity index (χ0) is 24.2. The maximum Gasteiger partial charge on any atom is 0.256 e. The van der Waals surface area contributed by atoms with Gasteiger partial charge < -0.3 is 15.1 Å². The van der Waals surface area contributed by atoms with Crippen LogP contribution in [0.1, 0.15) is 56.4 Å². The molecule has 1 aromatic heterocycles. The van der Waals surface area contributed by atoms with Crippen LogP contribution in [0.5, 0.6) is 0 Å². The molecule has 0 bridgehead atoms. The molecular weight excluding hydrogens is 470 g/mol. The van der Waals surface area contributed by atoms with Crippen LogP contribution in [0.3, 0.4) is 0 Å². The fourth-order valence-electron chi connectivity index (χ4n) is 3.86. The van der Waals surface area contributed by atoms with Crippen LogP contribution in [0.15, 0.2) is 60.0 Å². The molecule has 2 aromatic carbocycles. The summed E-state index contributed by atoms with van der Waals surface area (Å²) >= 11 is 7.33. The number of piperazine rings is 1. The van der Waals surface area contributed by atoms with E-state index in [0.29, 0.717) is 58.8 Å². The molecule has 1 aliphatic rings. The van der Waals surface area contributed by atoms with Gasteiger partial charge in [-0.15, -0.1) is 11.3 Å². The van der Waals surface area contributed by atoms with Crippen molar-refractivity contribution in [1.82, 2.24) is 9.80 Å². The number of nitrogens with one attached hydrogen (secondary N) is 1. The van der Waals surface area contributed by atoms with Gasteiger partial charge in [-0.05, 0) is 53.3 Å². The Labute approximate surface area is 208 Å². The van der Waals surface area contributed by atoms with Gasteiger partial charge in [-0.2, -0.15) is 0 Å². The van der Waals surface area contributed by atoms with Gasteiger partial charge in [0.05, 0.1) is 5.56 Å². The molecule has 176 valence electrons. The van der Waals surface area contributed by atoms with Gasteiger partial charge in [-0.3, -0.25) is 14.4 Å². The Morgan fingerprint density at radius 1 is 0.882 bits per heavy atom. The van der Waals surface area contributed by atoms with E-state index in [1.165, 1.54) is 11.3 Å². The summed E-state index contributed by atoms with van der Waals surface area (Å²) in [4.78, 5) is 42.1. The highest BCUT2D eigenvalue weighted by atomic mass is 35.5. The zero-order valence-electron chi connectivity index (χ0n) is 19.1. The van der Waals surface area contributed by atoms with Crippen molar-refractivity contribution in [3.63, 3.8) is 0 Å². The predicted molar refractivity (Wildman–Crippen MR) is 136 cm³/mol. The van der Waals surface area contributed by atoms with E-state index in [-0.39, 0.29) is 17.7 Å². The maximum atomic E-state index is 13.2. The number of amides is 3. The van der Waals surface area contributed by atoms with Crippen LogP contribution in [0.2, 0.25) is 5.02 Å². The molecule has 1 N–H and O–H groups in total. The van der Waals surface area contributed by atoms with E-state index in [2.05, 4.69) is 19.2 Å². The van der Waals surface area contributed by atoms with Crippen molar-refractivity contribution in [1.29, 1.82) is 0 Å². The highest BCUT2D eigenvalue weighted by Crippen LogP contribution is 2.26. The largest absolute Gasteiger partial charge is 0.335 e. The van der Waals surface area contributed by atoms with Crippen molar-refractivity contribution in [3.8, 4) is 0 Å². The molecule has 0 radical (unpaired) electrons. The predicted octanol–water partition coefficient (Wildman–Crippen LogP) is 5.38. The van der Waals surface area contributed by atoms with Gasteiger partial charge in [0, 0.05) is 42.3 Å². The molecule has 4 rings (SSSR count). The lowest BCUT2D eigenvalue weighted by molar-refractivity contribution is 0.0536. The summed E-state index contributed by atoms with van der Waals surface area (Å²) in [5.74, 6) is -0.105. The van der Waals surface area contributed by atoms with Crippen molar-refractivity contribution >= 4 is 45.7 Å². The molecule has 2 heterocycles. The summed E-state index contributed by atoms with van der Waals surface area (Å²) in [6, 6.07) is 16.1. The molecule has 3 aromatic rings. The zero-order valence-corrected chi connectivity index (χ0v) is 20.7. The quantitative estimate of drug-likeness (QED) is 0.517. The molecule has 3 amide bonds. The minimum atomic E-state index is -0.247. The summed E-state index contributed by atoms with van der Waals surface area (Å²) in [7, 11) is 0. The Kier molecular flexibility index (Phi) is 7.34. The van der Waals surface area contributed by atoms with Gasteiger partial charge in [0.1, 0.15) is 5.00 Å². The molecule has 0 spiro atoms. The second kappa shape index (κ2) is 10.4. The topological polar surface area (TPSA) is 69.7 Å². The highest BCUT2D eigenvalue weighted by Gasteiger charge is 2.27. The lowest BCUT2D eigenvalue weighted by atomic mass is 10.0. The molecule has 8 heteroatoms. The Bertz CT molecular complexity index is 1200. The normalized spacial score (nSPS) is 13.8. The number of halogens is 1. The molecule has 1 fully saturated rings. The minimum absolute atomic E-state index is 0.0958. The van der Waals surface area contributed by atoms with E-state index in [0.717, 1.165) is 5.56 Å². The van der Waals surface area contributed by atoms with Gasteiger partial charge >= 0.3 is 0 Å². The number of hydrogen-bond acceptors (Lipinski definition) is 4. The first kappa shape index (κ1) is 24.0. The SMILES string of the molecule is CC(C)c1ccc(C(=O)Nc2sccc2C(=O)N2CCN(C(=O)c3cccc(Cl)c3)CC2)cc1. The van der Waals surface area contributed by atoms with Gasteiger partial charge in [0.2, 0.25) is 0 Å². The summed E-state index contributed by atoms with van der Waals surface area (Å²) in [6.07, 6.45) is 0. The van der Waals surface area contributed by atoms with Gasteiger partial charge in [0.25, 0.3) is 17.7 Å². The first-order valence-electron chi connectivity index (χ1n) is 11.2. The fraction of sp³-hybridized carbons (Fsp3) is 0.269. The third-order valence-electron chi connectivity index (χ3n) is 5.89. The Morgan fingerprint density at radius 3 is 2.15 bits per heavy atom. The van der Waals surface area contributed by atoms with Gasteiger partial charge in [-0.25, -0.2) is 0 Å². The van der Waals surface area contributed by atoms with E-state index < -0.39 is 0 Å². The average Bonchev–Trinajstić information content (AvgIpc) is 3.31. The Morgan fingerprint density at radius 2 is 1.53 bits per heavy atom. The highest BCUT2D eigenvalue weighted by molar-refractivity contribution is 7.14. The lowest BCUT2D eigenvalue weighted by Gasteiger charge is -2.35. The number of carbonyl (C=O) groups is 3. The van der Waals surface area contributed by atoms with E-state index in [4.69, 9.17) is 11.6 Å². The van der Waals surface area contributed by atoms with Crippen LogP contribution in [-0.4, -0.2) is 53.7 Å². The molecule has 34 heavy (non-hydrogen) atoms.